The zero-order valence-electron chi connectivity index (χ0n) is 13.5. The Morgan fingerprint density at radius 3 is 1.86 bits per heavy atom. The second kappa shape index (κ2) is 7.08. The molecule has 0 aliphatic carbocycles. The number of benzene rings is 2. The Balaban J connectivity index is 2.44. The van der Waals surface area contributed by atoms with E-state index < -0.39 is 5.54 Å². The lowest BCUT2D eigenvalue weighted by molar-refractivity contribution is -0.118. The van der Waals surface area contributed by atoms with E-state index >= 15 is 0 Å². The SMILES string of the molecule is CC/C=C(/C)C(=O)NC(C)(c1ccccc1)c1ccccc1. The van der Waals surface area contributed by atoms with E-state index in [0.29, 0.717) is 0 Å². The maximum atomic E-state index is 12.5. The molecule has 2 heteroatoms. The third-order valence-corrected chi connectivity index (χ3v) is 3.93. The van der Waals surface area contributed by atoms with Gasteiger partial charge >= 0.3 is 0 Å². The van der Waals surface area contributed by atoms with Crippen LogP contribution < -0.4 is 5.32 Å². The highest BCUT2D eigenvalue weighted by Crippen LogP contribution is 2.29. The van der Waals surface area contributed by atoms with Gasteiger partial charge in [-0.25, -0.2) is 0 Å². The Labute approximate surface area is 132 Å². The molecule has 0 heterocycles. The van der Waals surface area contributed by atoms with Gasteiger partial charge in [0.2, 0.25) is 5.91 Å². The van der Waals surface area contributed by atoms with E-state index in [9.17, 15) is 4.79 Å². The summed E-state index contributed by atoms with van der Waals surface area (Å²) in [7, 11) is 0. The predicted molar refractivity (Wildman–Crippen MR) is 91.5 cm³/mol. The maximum absolute atomic E-state index is 12.5. The molecule has 2 aromatic rings. The van der Waals surface area contributed by atoms with E-state index in [2.05, 4.69) is 12.2 Å². The summed E-state index contributed by atoms with van der Waals surface area (Å²) in [6.45, 7) is 5.94. The fourth-order valence-corrected chi connectivity index (χ4v) is 2.58. The molecule has 22 heavy (non-hydrogen) atoms. The number of hydrogen-bond acceptors (Lipinski definition) is 1. The van der Waals surface area contributed by atoms with Gasteiger partial charge in [-0.05, 0) is 31.4 Å². The molecule has 2 nitrogen and oxygen atoms in total. The highest BCUT2D eigenvalue weighted by atomic mass is 16.1. The average molecular weight is 293 g/mol. The zero-order chi connectivity index (χ0) is 16.0. The molecule has 1 amide bonds. The van der Waals surface area contributed by atoms with Crippen LogP contribution >= 0.6 is 0 Å². The van der Waals surface area contributed by atoms with Gasteiger partial charge in [-0.2, -0.15) is 0 Å². The number of allylic oxidation sites excluding steroid dienone is 1. The van der Waals surface area contributed by atoms with Gasteiger partial charge in [0.15, 0.2) is 0 Å². The van der Waals surface area contributed by atoms with Crippen molar-refractivity contribution in [2.45, 2.75) is 32.7 Å². The number of nitrogens with one attached hydrogen (secondary N) is 1. The maximum Gasteiger partial charge on any atom is 0.247 e. The number of hydrogen-bond donors (Lipinski definition) is 1. The summed E-state index contributed by atoms with van der Waals surface area (Å²) < 4.78 is 0. The standard InChI is InChI=1S/C20H23NO/c1-4-11-16(2)19(22)21-20(3,17-12-7-5-8-13-17)18-14-9-6-10-15-18/h5-15H,4H2,1-3H3,(H,21,22)/b16-11-. The summed E-state index contributed by atoms with van der Waals surface area (Å²) in [6.07, 6.45) is 2.80. The molecular weight excluding hydrogens is 270 g/mol. The lowest BCUT2D eigenvalue weighted by Crippen LogP contribution is -2.44. The van der Waals surface area contributed by atoms with Gasteiger partial charge in [-0.15, -0.1) is 0 Å². The lowest BCUT2D eigenvalue weighted by Gasteiger charge is -2.32. The van der Waals surface area contributed by atoms with Crippen molar-refractivity contribution in [1.82, 2.24) is 5.32 Å². The third kappa shape index (κ3) is 3.45. The normalized spacial score (nSPS) is 12.0. The van der Waals surface area contributed by atoms with E-state index in [-0.39, 0.29) is 5.91 Å². The highest BCUT2D eigenvalue weighted by molar-refractivity contribution is 5.93. The third-order valence-electron chi connectivity index (χ3n) is 3.93. The molecule has 2 rings (SSSR count). The zero-order valence-corrected chi connectivity index (χ0v) is 13.5. The van der Waals surface area contributed by atoms with Crippen molar-refractivity contribution in [1.29, 1.82) is 0 Å². The van der Waals surface area contributed by atoms with Crippen LogP contribution in [0.4, 0.5) is 0 Å². The van der Waals surface area contributed by atoms with Crippen LogP contribution in [0.3, 0.4) is 0 Å². The van der Waals surface area contributed by atoms with Gasteiger partial charge in [0.05, 0.1) is 5.54 Å². The Morgan fingerprint density at radius 1 is 1.00 bits per heavy atom. The minimum Gasteiger partial charge on any atom is -0.339 e. The number of rotatable bonds is 5. The molecule has 0 aromatic heterocycles. The Bertz CT molecular complexity index is 604. The summed E-state index contributed by atoms with van der Waals surface area (Å²) in [5.74, 6) is -0.0305. The molecule has 0 aliphatic rings. The van der Waals surface area contributed by atoms with Crippen molar-refractivity contribution in [2.75, 3.05) is 0 Å². The number of carbonyl (C=O) groups excluding carboxylic acids is 1. The summed E-state index contributed by atoms with van der Waals surface area (Å²) in [4.78, 5) is 12.5. The number of carbonyl (C=O) groups is 1. The molecular formula is C20H23NO. The minimum atomic E-state index is -0.553. The van der Waals surface area contributed by atoms with Crippen LogP contribution in [0.1, 0.15) is 38.3 Å². The largest absolute Gasteiger partial charge is 0.339 e. The molecule has 0 saturated heterocycles. The first-order chi connectivity index (χ1) is 10.6. The summed E-state index contributed by atoms with van der Waals surface area (Å²) >= 11 is 0. The smallest absolute Gasteiger partial charge is 0.247 e. The van der Waals surface area contributed by atoms with Crippen LogP contribution in [0.2, 0.25) is 0 Å². The highest BCUT2D eigenvalue weighted by Gasteiger charge is 2.30. The van der Waals surface area contributed by atoms with Gasteiger partial charge in [-0.3, -0.25) is 4.79 Å². The Kier molecular flexibility index (Phi) is 5.16. The van der Waals surface area contributed by atoms with Crippen molar-refractivity contribution >= 4 is 5.91 Å². The van der Waals surface area contributed by atoms with Gasteiger partial charge in [0.25, 0.3) is 0 Å². The van der Waals surface area contributed by atoms with Crippen LogP contribution in [0.5, 0.6) is 0 Å². The van der Waals surface area contributed by atoms with Crippen LogP contribution in [0, 0.1) is 0 Å². The molecule has 0 aliphatic heterocycles. The molecule has 2 aromatic carbocycles. The molecule has 1 N–H and O–H groups in total. The van der Waals surface area contributed by atoms with Crippen LogP contribution in [0.15, 0.2) is 72.3 Å². The molecule has 0 atom stereocenters. The first-order valence-corrected chi connectivity index (χ1v) is 7.68. The van der Waals surface area contributed by atoms with E-state index in [1.54, 1.807) is 0 Å². The fraction of sp³-hybridized carbons (Fsp3) is 0.250. The van der Waals surface area contributed by atoms with Crippen molar-refractivity contribution in [2.24, 2.45) is 0 Å². The van der Waals surface area contributed by atoms with Gasteiger partial charge in [0, 0.05) is 5.57 Å². The van der Waals surface area contributed by atoms with Gasteiger partial charge in [-0.1, -0.05) is 73.7 Å². The molecule has 0 saturated carbocycles. The second-order valence-corrected chi connectivity index (χ2v) is 5.61. The Morgan fingerprint density at radius 2 is 1.45 bits per heavy atom. The quantitative estimate of drug-likeness (QED) is 0.812. The topological polar surface area (TPSA) is 29.1 Å². The van der Waals surface area contributed by atoms with E-state index in [1.807, 2.05) is 80.6 Å². The molecule has 0 radical (unpaired) electrons. The van der Waals surface area contributed by atoms with E-state index in [4.69, 9.17) is 0 Å². The molecule has 0 bridgehead atoms. The van der Waals surface area contributed by atoms with Crippen molar-refractivity contribution in [3.8, 4) is 0 Å². The van der Waals surface area contributed by atoms with Crippen LogP contribution in [0.25, 0.3) is 0 Å². The summed E-state index contributed by atoms with van der Waals surface area (Å²) in [5.41, 5.74) is 2.33. The van der Waals surface area contributed by atoms with Gasteiger partial charge < -0.3 is 5.32 Å². The average Bonchev–Trinajstić information content (AvgIpc) is 2.56. The summed E-state index contributed by atoms with van der Waals surface area (Å²) in [6, 6.07) is 20.2. The first kappa shape index (κ1) is 16.0. The predicted octanol–water partition coefficient (Wildman–Crippen LogP) is 4.42. The first-order valence-electron chi connectivity index (χ1n) is 7.68. The van der Waals surface area contributed by atoms with Crippen molar-refractivity contribution in [3.63, 3.8) is 0 Å². The van der Waals surface area contributed by atoms with Crippen molar-refractivity contribution in [3.05, 3.63) is 83.4 Å². The molecule has 114 valence electrons. The molecule has 0 spiro atoms. The second-order valence-electron chi connectivity index (χ2n) is 5.61. The van der Waals surface area contributed by atoms with Crippen LogP contribution in [-0.2, 0) is 10.3 Å². The number of amides is 1. The fourth-order valence-electron chi connectivity index (χ4n) is 2.58. The van der Waals surface area contributed by atoms with E-state index in [0.717, 1.165) is 23.1 Å². The van der Waals surface area contributed by atoms with E-state index in [1.165, 1.54) is 0 Å². The van der Waals surface area contributed by atoms with Crippen molar-refractivity contribution < 1.29 is 4.79 Å². The lowest BCUT2D eigenvalue weighted by atomic mass is 9.84. The van der Waals surface area contributed by atoms with Crippen LogP contribution in [-0.4, -0.2) is 5.91 Å². The summed E-state index contributed by atoms with van der Waals surface area (Å²) in [5, 5.41) is 3.20. The molecule has 0 unspecified atom stereocenters. The Hall–Kier alpha value is -2.35. The van der Waals surface area contributed by atoms with Gasteiger partial charge in [0.1, 0.15) is 0 Å². The minimum absolute atomic E-state index is 0.0305. The monoisotopic (exact) mass is 293 g/mol. The molecule has 0 fully saturated rings.